The third-order valence-corrected chi connectivity index (χ3v) is 2.27. The first-order valence-corrected chi connectivity index (χ1v) is 4.95. The number of amides is 1. The summed E-state index contributed by atoms with van der Waals surface area (Å²) in [6.07, 6.45) is 0. The van der Waals surface area contributed by atoms with Crippen molar-refractivity contribution in [3.05, 3.63) is 34.1 Å². The van der Waals surface area contributed by atoms with Crippen molar-refractivity contribution in [2.75, 3.05) is 5.32 Å². The number of nitrogens with zero attached hydrogens (tertiary/aromatic N) is 2. The number of benzene rings is 1. The lowest BCUT2D eigenvalue weighted by molar-refractivity contribution is -0.384. The lowest BCUT2D eigenvalue weighted by Crippen LogP contribution is -2.29. The average Bonchev–Trinajstić information content (AvgIpc) is 2.31. The second-order valence-corrected chi connectivity index (χ2v) is 4.08. The second-order valence-electron chi connectivity index (χ2n) is 4.08. The highest BCUT2D eigenvalue weighted by Gasteiger charge is 2.30. The van der Waals surface area contributed by atoms with E-state index in [9.17, 15) is 19.3 Å². The van der Waals surface area contributed by atoms with Crippen LogP contribution in [0, 0.1) is 32.7 Å². The van der Waals surface area contributed by atoms with Crippen LogP contribution in [0.1, 0.15) is 13.8 Å². The minimum atomic E-state index is -1.41. The molecule has 0 spiro atoms. The molecule has 1 N–H and O–H groups in total. The van der Waals surface area contributed by atoms with Gasteiger partial charge >= 0.3 is 0 Å². The van der Waals surface area contributed by atoms with Crippen molar-refractivity contribution in [3.8, 4) is 6.07 Å². The SMILES string of the molecule is CC(C)(C#N)C(=O)Nc1c(F)cccc1[N+](=O)[O-]. The van der Waals surface area contributed by atoms with Gasteiger partial charge in [0.2, 0.25) is 5.91 Å². The Kier molecular flexibility index (Phi) is 3.61. The summed E-state index contributed by atoms with van der Waals surface area (Å²) in [7, 11) is 0. The minimum Gasteiger partial charge on any atom is -0.317 e. The molecule has 0 saturated carbocycles. The van der Waals surface area contributed by atoms with Gasteiger partial charge in [0.1, 0.15) is 5.41 Å². The summed E-state index contributed by atoms with van der Waals surface area (Å²) in [6.45, 7) is 2.66. The van der Waals surface area contributed by atoms with Crippen LogP contribution in [0.5, 0.6) is 0 Å². The largest absolute Gasteiger partial charge is 0.317 e. The van der Waals surface area contributed by atoms with Crippen LogP contribution in [-0.4, -0.2) is 10.8 Å². The molecular formula is C11H10FN3O3. The Hall–Kier alpha value is -2.49. The van der Waals surface area contributed by atoms with E-state index >= 15 is 0 Å². The standard InChI is InChI=1S/C11H10FN3O3/c1-11(2,6-13)10(16)14-9-7(12)4-3-5-8(9)15(17)18/h3-5H,1-2H3,(H,14,16). The third kappa shape index (κ3) is 2.60. The second kappa shape index (κ2) is 4.79. The molecule has 1 aromatic rings. The van der Waals surface area contributed by atoms with Gasteiger partial charge in [-0.1, -0.05) is 6.07 Å². The third-order valence-electron chi connectivity index (χ3n) is 2.27. The van der Waals surface area contributed by atoms with Crippen molar-refractivity contribution in [2.24, 2.45) is 5.41 Å². The molecule has 7 heteroatoms. The van der Waals surface area contributed by atoms with E-state index in [-0.39, 0.29) is 0 Å². The van der Waals surface area contributed by atoms with Gasteiger partial charge in [-0.3, -0.25) is 14.9 Å². The molecule has 0 aliphatic carbocycles. The molecule has 0 saturated heterocycles. The van der Waals surface area contributed by atoms with E-state index in [0.29, 0.717) is 0 Å². The first kappa shape index (κ1) is 13.6. The number of nitro benzene ring substituents is 1. The molecule has 0 heterocycles. The predicted octanol–water partition coefficient (Wildman–Crippen LogP) is 2.22. The number of hydrogen-bond donors (Lipinski definition) is 1. The van der Waals surface area contributed by atoms with E-state index in [1.54, 1.807) is 6.07 Å². The van der Waals surface area contributed by atoms with Crippen molar-refractivity contribution in [3.63, 3.8) is 0 Å². The summed E-state index contributed by atoms with van der Waals surface area (Å²) in [5, 5.41) is 21.5. The van der Waals surface area contributed by atoms with Crippen molar-refractivity contribution < 1.29 is 14.1 Å². The fourth-order valence-corrected chi connectivity index (χ4v) is 1.11. The lowest BCUT2D eigenvalue weighted by Gasteiger charge is -2.15. The molecule has 94 valence electrons. The van der Waals surface area contributed by atoms with Crippen molar-refractivity contribution in [1.82, 2.24) is 0 Å². The molecule has 0 fully saturated rings. The molecule has 18 heavy (non-hydrogen) atoms. The Bertz CT molecular complexity index is 549. The number of nitriles is 1. The number of para-hydroxylation sites is 1. The maximum Gasteiger partial charge on any atom is 0.295 e. The van der Waals surface area contributed by atoms with Crippen LogP contribution in [-0.2, 0) is 4.79 Å². The quantitative estimate of drug-likeness (QED) is 0.658. The minimum absolute atomic E-state index is 0.532. The fourth-order valence-electron chi connectivity index (χ4n) is 1.11. The van der Waals surface area contributed by atoms with E-state index in [1.807, 2.05) is 0 Å². The molecule has 1 amide bonds. The van der Waals surface area contributed by atoms with E-state index < -0.39 is 33.4 Å². The van der Waals surface area contributed by atoms with Crippen LogP contribution in [0.15, 0.2) is 18.2 Å². The number of nitrogens with one attached hydrogen (secondary N) is 1. The number of carbonyl (C=O) groups excluding carboxylic acids is 1. The summed E-state index contributed by atoms with van der Waals surface area (Å²) in [5.41, 5.74) is -2.50. The Labute approximate surface area is 102 Å². The van der Waals surface area contributed by atoms with Crippen LogP contribution in [0.25, 0.3) is 0 Å². The summed E-state index contributed by atoms with van der Waals surface area (Å²) in [5.74, 6) is -1.73. The zero-order chi connectivity index (χ0) is 13.9. The lowest BCUT2D eigenvalue weighted by atomic mass is 9.94. The van der Waals surface area contributed by atoms with Gasteiger partial charge in [0, 0.05) is 6.07 Å². The summed E-state index contributed by atoms with van der Waals surface area (Å²) in [6, 6.07) is 4.95. The highest BCUT2D eigenvalue weighted by atomic mass is 19.1. The highest BCUT2D eigenvalue weighted by Crippen LogP contribution is 2.28. The van der Waals surface area contributed by atoms with Crippen molar-refractivity contribution in [2.45, 2.75) is 13.8 Å². The number of halogens is 1. The van der Waals surface area contributed by atoms with Crippen LogP contribution in [0.3, 0.4) is 0 Å². The van der Waals surface area contributed by atoms with Crippen LogP contribution in [0.2, 0.25) is 0 Å². The monoisotopic (exact) mass is 251 g/mol. The topological polar surface area (TPSA) is 96.0 Å². The summed E-state index contributed by atoms with van der Waals surface area (Å²) in [4.78, 5) is 21.6. The Morgan fingerprint density at radius 3 is 2.67 bits per heavy atom. The molecule has 0 radical (unpaired) electrons. The smallest absolute Gasteiger partial charge is 0.295 e. The highest BCUT2D eigenvalue weighted by molar-refractivity contribution is 5.98. The van der Waals surface area contributed by atoms with Crippen LogP contribution < -0.4 is 5.32 Å². The number of rotatable bonds is 3. The van der Waals surface area contributed by atoms with Gasteiger partial charge in [0.25, 0.3) is 5.69 Å². The van der Waals surface area contributed by atoms with Gasteiger partial charge in [0.05, 0.1) is 11.0 Å². The van der Waals surface area contributed by atoms with Crippen molar-refractivity contribution >= 4 is 17.3 Å². The molecule has 0 atom stereocenters. The molecule has 0 bridgehead atoms. The Morgan fingerprint density at radius 1 is 1.56 bits per heavy atom. The van der Waals surface area contributed by atoms with Gasteiger partial charge in [-0.25, -0.2) is 4.39 Å². The van der Waals surface area contributed by atoms with Gasteiger partial charge in [-0.15, -0.1) is 0 Å². The van der Waals surface area contributed by atoms with Gasteiger partial charge in [-0.2, -0.15) is 5.26 Å². The van der Waals surface area contributed by atoms with E-state index in [2.05, 4.69) is 5.32 Å². The van der Waals surface area contributed by atoms with E-state index in [0.717, 1.165) is 12.1 Å². The van der Waals surface area contributed by atoms with Gasteiger partial charge < -0.3 is 5.32 Å². The summed E-state index contributed by atoms with van der Waals surface area (Å²) >= 11 is 0. The molecule has 0 aliphatic rings. The zero-order valence-electron chi connectivity index (χ0n) is 9.73. The maximum atomic E-state index is 13.5. The number of anilines is 1. The first-order chi connectivity index (χ1) is 8.29. The molecule has 1 aromatic carbocycles. The van der Waals surface area contributed by atoms with Gasteiger partial charge in [-0.05, 0) is 19.9 Å². The molecule has 0 aliphatic heterocycles. The van der Waals surface area contributed by atoms with E-state index in [4.69, 9.17) is 5.26 Å². The predicted molar refractivity (Wildman–Crippen MR) is 61.1 cm³/mol. The van der Waals surface area contributed by atoms with Gasteiger partial charge in [0.15, 0.2) is 11.5 Å². The maximum absolute atomic E-state index is 13.5. The van der Waals surface area contributed by atoms with Crippen LogP contribution in [0.4, 0.5) is 15.8 Å². The molecule has 1 rings (SSSR count). The van der Waals surface area contributed by atoms with Crippen LogP contribution >= 0.6 is 0 Å². The number of hydrogen-bond acceptors (Lipinski definition) is 4. The number of carbonyl (C=O) groups is 1. The Morgan fingerprint density at radius 2 is 2.17 bits per heavy atom. The Balaban J connectivity index is 3.17. The molecule has 6 nitrogen and oxygen atoms in total. The first-order valence-electron chi connectivity index (χ1n) is 4.95. The van der Waals surface area contributed by atoms with E-state index in [1.165, 1.54) is 19.9 Å². The van der Waals surface area contributed by atoms with Crippen molar-refractivity contribution in [1.29, 1.82) is 5.26 Å². The fraction of sp³-hybridized carbons (Fsp3) is 0.273. The summed E-state index contributed by atoms with van der Waals surface area (Å²) < 4.78 is 13.5. The number of nitro groups is 1. The molecule has 0 aromatic heterocycles. The zero-order valence-corrected chi connectivity index (χ0v) is 9.73. The molecule has 0 unspecified atom stereocenters. The normalized spacial score (nSPS) is 10.6. The molecular weight excluding hydrogens is 241 g/mol. The average molecular weight is 251 g/mol.